The van der Waals surface area contributed by atoms with Crippen molar-refractivity contribution in [2.24, 2.45) is 11.8 Å². The fraction of sp³-hybridized carbons (Fsp3) is 0.500. The van der Waals surface area contributed by atoms with Crippen LogP contribution in [-0.2, 0) is 0 Å². The van der Waals surface area contributed by atoms with Crippen LogP contribution in [0.2, 0.25) is 0 Å². The number of nitro benzene ring substituents is 1. The van der Waals surface area contributed by atoms with Gasteiger partial charge in [0, 0.05) is 19.2 Å². The van der Waals surface area contributed by atoms with Crippen LogP contribution in [-0.4, -0.2) is 29.1 Å². The van der Waals surface area contributed by atoms with Gasteiger partial charge in [-0.2, -0.15) is 0 Å². The van der Waals surface area contributed by atoms with E-state index in [2.05, 4.69) is 13.8 Å². The van der Waals surface area contributed by atoms with Crippen molar-refractivity contribution in [1.82, 2.24) is 0 Å². The molecule has 1 N–H and O–H groups in total. The van der Waals surface area contributed by atoms with Gasteiger partial charge in [-0.05, 0) is 30.4 Å². The summed E-state index contributed by atoms with van der Waals surface area (Å²) >= 11 is 0. The second-order valence-corrected chi connectivity index (χ2v) is 5.62. The molecule has 108 valence electrons. The molecule has 1 fully saturated rings. The zero-order valence-electron chi connectivity index (χ0n) is 11.6. The zero-order chi connectivity index (χ0) is 14.9. The van der Waals surface area contributed by atoms with E-state index < -0.39 is 10.9 Å². The Bertz CT molecular complexity index is 534. The third-order valence-electron chi connectivity index (χ3n) is 3.63. The van der Waals surface area contributed by atoms with E-state index in [9.17, 15) is 14.9 Å². The first kappa shape index (κ1) is 14.3. The highest BCUT2D eigenvalue weighted by atomic mass is 16.6. The van der Waals surface area contributed by atoms with Crippen molar-refractivity contribution in [3.8, 4) is 0 Å². The second kappa shape index (κ2) is 5.48. The molecule has 1 aromatic carbocycles. The van der Waals surface area contributed by atoms with Gasteiger partial charge in [0.15, 0.2) is 0 Å². The molecule has 1 aromatic rings. The summed E-state index contributed by atoms with van der Waals surface area (Å²) in [7, 11) is 0. The normalized spacial score (nSPS) is 22.6. The molecule has 0 aromatic heterocycles. The molecule has 0 bridgehead atoms. The van der Waals surface area contributed by atoms with Gasteiger partial charge in [-0.15, -0.1) is 0 Å². The standard InChI is InChI=1S/C14H18N2O4/c1-9-5-10(2)8-15(7-9)12-4-3-11(14(17)18)6-13(12)16(19)20/h3-4,6,9-10H,5,7-8H2,1-2H3,(H,17,18)/t9-,10-/m1/s1. The topological polar surface area (TPSA) is 83.7 Å². The van der Waals surface area contributed by atoms with Gasteiger partial charge >= 0.3 is 5.97 Å². The summed E-state index contributed by atoms with van der Waals surface area (Å²) in [5.74, 6) is -0.213. The summed E-state index contributed by atoms with van der Waals surface area (Å²) in [4.78, 5) is 23.6. The Kier molecular flexibility index (Phi) is 3.92. The summed E-state index contributed by atoms with van der Waals surface area (Å²) in [6.07, 6.45) is 1.11. The van der Waals surface area contributed by atoms with E-state index in [0.717, 1.165) is 25.6 Å². The maximum Gasteiger partial charge on any atom is 0.335 e. The third kappa shape index (κ3) is 2.89. The first-order chi connectivity index (χ1) is 9.38. The molecule has 6 heteroatoms. The van der Waals surface area contributed by atoms with Crippen LogP contribution >= 0.6 is 0 Å². The Morgan fingerprint density at radius 3 is 2.45 bits per heavy atom. The maximum atomic E-state index is 11.2. The van der Waals surface area contributed by atoms with Gasteiger partial charge < -0.3 is 10.0 Å². The average molecular weight is 278 g/mol. The molecular formula is C14H18N2O4. The molecular weight excluding hydrogens is 260 g/mol. The highest BCUT2D eigenvalue weighted by molar-refractivity contribution is 5.89. The number of carbonyl (C=O) groups is 1. The zero-order valence-corrected chi connectivity index (χ0v) is 11.6. The molecule has 0 amide bonds. The summed E-state index contributed by atoms with van der Waals surface area (Å²) in [6.45, 7) is 5.77. The van der Waals surface area contributed by atoms with Gasteiger partial charge in [-0.1, -0.05) is 13.8 Å². The van der Waals surface area contributed by atoms with Crippen molar-refractivity contribution >= 4 is 17.3 Å². The van der Waals surface area contributed by atoms with E-state index in [1.165, 1.54) is 6.07 Å². The monoisotopic (exact) mass is 278 g/mol. The molecule has 1 saturated heterocycles. The van der Waals surface area contributed by atoms with Crippen molar-refractivity contribution in [2.45, 2.75) is 20.3 Å². The number of piperidine rings is 1. The summed E-state index contributed by atoms with van der Waals surface area (Å²) < 4.78 is 0. The van der Waals surface area contributed by atoms with Crippen molar-refractivity contribution in [3.63, 3.8) is 0 Å². The molecule has 2 atom stereocenters. The van der Waals surface area contributed by atoms with Gasteiger partial charge in [0.25, 0.3) is 5.69 Å². The Hall–Kier alpha value is -2.11. The number of carboxylic acid groups (broad SMARTS) is 1. The second-order valence-electron chi connectivity index (χ2n) is 5.62. The van der Waals surface area contributed by atoms with E-state index in [1.807, 2.05) is 4.90 Å². The Balaban J connectivity index is 2.40. The molecule has 0 aliphatic carbocycles. The number of nitro groups is 1. The number of nitrogens with zero attached hydrogens (tertiary/aromatic N) is 2. The smallest absolute Gasteiger partial charge is 0.335 e. The molecule has 1 aliphatic rings. The first-order valence-corrected chi connectivity index (χ1v) is 6.65. The van der Waals surface area contributed by atoms with Gasteiger partial charge in [0.05, 0.1) is 10.5 Å². The van der Waals surface area contributed by atoms with Crippen LogP contribution in [0.1, 0.15) is 30.6 Å². The molecule has 0 unspecified atom stereocenters. The number of benzene rings is 1. The summed E-state index contributed by atoms with van der Waals surface area (Å²) in [6, 6.07) is 4.11. The largest absolute Gasteiger partial charge is 0.478 e. The maximum absolute atomic E-state index is 11.2. The van der Waals surface area contributed by atoms with Crippen LogP contribution in [0.25, 0.3) is 0 Å². The quantitative estimate of drug-likeness (QED) is 0.679. The SMILES string of the molecule is C[C@@H]1C[C@@H](C)CN(c2ccc(C(=O)O)cc2[N+](=O)[O-])C1. The minimum atomic E-state index is -1.15. The number of carboxylic acids is 1. The molecule has 0 radical (unpaired) electrons. The number of rotatable bonds is 3. The van der Waals surface area contributed by atoms with E-state index in [1.54, 1.807) is 6.07 Å². The number of hydrogen-bond donors (Lipinski definition) is 1. The summed E-state index contributed by atoms with van der Waals surface area (Å²) in [5, 5.41) is 20.1. The Morgan fingerprint density at radius 2 is 1.95 bits per heavy atom. The van der Waals surface area contributed by atoms with Crippen molar-refractivity contribution in [1.29, 1.82) is 0 Å². The van der Waals surface area contributed by atoms with E-state index >= 15 is 0 Å². The Morgan fingerprint density at radius 1 is 1.35 bits per heavy atom. The first-order valence-electron chi connectivity index (χ1n) is 6.65. The molecule has 1 heterocycles. The van der Waals surface area contributed by atoms with Gasteiger partial charge in [0.2, 0.25) is 0 Å². The third-order valence-corrected chi connectivity index (χ3v) is 3.63. The molecule has 20 heavy (non-hydrogen) atoms. The molecule has 0 saturated carbocycles. The highest BCUT2D eigenvalue weighted by Gasteiger charge is 2.27. The minimum absolute atomic E-state index is 0.0569. The van der Waals surface area contributed by atoms with E-state index in [0.29, 0.717) is 17.5 Å². The molecule has 2 rings (SSSR count). The molecule has 1 aliphatic heterocycles. The number of anilines is 1. The van der Waals surface area contributed by atoms with Gasteiger partial charge in [-0.25, -0.2) is 4.79 Å². The van der Waals surface area contributed by atoms with Crippen LogP contribution in [0.3, 0.4) is 0 Å². The summed E-state index contributed by atoms with van der Waals surface area (Å²) in [5.41, 5.74) is 0.322. The number of hydrogen-bond acceptors (Lipinski definition) is 4. The van der Waals surface area contributed by atoms with Gasteiger partial charge in [0.1, 0.15) is 5.69 Å². The van der Waals surface area contributed by atoms with Gasteiger partial charge in [-0.3, -0.25) is 10.1 Å². The predicted octanol–water partition coefficient (Wildman–Crippen LogP) is 2.78. The highest BCUT2D eigenvalue weighted by Crippen LogP contribution is 2.33. The van der Waals surface area contributed by atoms with Crippen LogP contribution in [0, 0.1) is 22.0 Å². The minimum Gasteiger partial charge on any atom is -0.478 e. The van der Waals surface area contributed by atoms with Crippen LogP contribution < -0.4 is 4.90 Å². The lowest BCUT2D eigenvalue weighted by atomic mass is 9.91. The molecule has 0 spiro atoms. The average Bonchev–Trinajstić information content (AvgIpc) is 2.36. The van der Waals surface area contributed by atoms with Crippen LogP contribution in [0.4, 0.5) is 11.4 Å². The lowest BCUT2D eigenvalue weighted by Gasteiger charge is -2.36. The van der Waals surface area contributed by atoms with Crippen LogP contribution in [0.5, 0.6) is 0 Å². The van der Waals surface area contributed by atoms with Crippen LogP contribution in [0.15, 0.2) is 18.2 Å². The van der Waals surface area contributed by atoms with Crippen molar-refractivity contribution in [2.75, 3.05) is 18.0 Å². The lowest BCUT2D eigenvalue weighted by Crippen LogP contribution is -2.39. The fourth-order valence-electron chi connectivity index (χ4n) is 2.93. The van der Waals surface area contributed by atoms with E-state index in [4.69, 9.17) is 5.11 Å². The molecule has 6 nitrogen and oxygen atoms in total. The number of aromatic carboxylic acids is 1. The lowest BCUT2D eigenvalue weighted by molar-refractivity contribution is -0.384. The van der Waals surface area contributed by atoms with E-state index in [-0.39, 0.29) is 11.3 Å². The Labute approximate surface area is 117 Å². The van der Waals surface area contributed by atoms with Crippen molar-refractivity contribution < 1.29 is 14.8 Å². The van der Waals surface area contributed by atoms with Crippen molar-refractivity contribution in [3.05, 3.63) is 33.9 Å². The predicted molar refractivity (Wildman–Crippen MR) is 75.2 cm³/mol. The fourth-order valence-corrected chi connectivity index (χ4v) is 2.93.